The van der Waals surface area contributed by atoms with Crippen LogP contribution >= 0.6 is 0 Å². The molecule has 2 aromatic carbocycles. The Morgan fingerprint density at radius 1 is 1.10 bits per heavy atom. The van der Waals surface area contributed by atoms with Crippen molar-refractivity contribution in [2.24, 2.45) is 0 Å². The van der Waals surface area contributed by atoms with Gasteiger partial charge in [0.1, 0.15) is 5.75 Å². The Bertz CT molecular complexity index is 649. The average molecular weight is 279 g/mol. The molecule has 3 heteroatoms. The molecule has 0 saturated heterocycles. The van der Waals surface area contributed by atoms with Crippen LogP contribution in [-0.2, 0) is 4.79 Å². The molecule has 1 amide bonds. The molecule has 0 radical (unpaired) electrons. The Labute approximate surface area is 124 Å². The van der Waals surface area contributed by atoms with Crippen molar-refractivity contribution >= 4 is 12.0 Å². The SMILES string of the molecule is O=C(/C=C/c1ccccc1)N[C@H]1CCOc2ccccc21. The Balaban J connectivity index is 1.67. The van der Waals surface area contributed by atoms with Crippen molar-refractivity contribution in [3.05, 3.63) is 71.8 Å². The molecule has 1 heterocycles. The van der Waals surface area contributed by atoms with Crippen molar-refractivity contribution in [3.8, 4) is 5.75 Å². The Kier molecular flexibility index (Phi) is 4.01. The summed E-state index contributed by atoms with van der Waals surface area (Å²) < 4.78 is 5.60. The van der Waals surface area contributed by atoms with Gasteiger partial charge in [-0.05, 0) is 17.7 Å². The molecule has 0 bridgehead atoms. The Morgan fingerprint density at radius 2 is 1.86 bits per heavy atom. The van der Waals surface area contributed by atoms with Crippen LogP contribution in [-0.4, -0.2) is 12.5 Å². The number of amides is 1. The van der Waals surface area contributed by atoms with Crippen LogP contribution in [0.2, 0.25) is 0 Å². The van der Waals surface area contributed by atoms with E-state index in [1.165, 1.54) is 0 Å². The third-order valence-electron chi connectivity index (χ3n) is 3.50. The molecule has 1 N–H and O–H groups in total. The maximum Gasteiger partial charge on any atom is 0.244 e. The highest BCUT2D eigenvalue weighted by atomic mass is 16.5. The lowest BCUT2D eigenvalue weighted by atomic mass is 10.0. The number of fused-ring (bicyclic) bond motifs is 1. The van der Waals surface area contributed by atoms with Crippen LogP contribution < -0.4 is 10.1 Å². The van der Waals surface area contributed by atoms with Crippen molar-refractivity contribution in [1.82, 2.24) is 5.32 Å². The Morgan fingerprint density at radius 3 is 2.71 bits per heavy atom. The highest BCUT2D eigenvalue weighted by Gasteiger charge is 2.21. The highest BCUT2D eigenvalue weighted by molar-refractivity contribution is 5.92. The molecular formula is C18H17NO2. The number of para-hydroxylation sites is 1. The second-order valence-electron chi connectivity index (χ2n) is 4.98. The van der Waals surface area contributed by atoms with Gasteiger partial charge >= 0.3 is 0 Å². The zero-order valence-electron chi connectivity index (χ0n) is 11.7. The van der Waals surface area contributed by atoms with Gasteiger partial charge in [-0.15, -0.1) is 0 Å². The first-order valence-electron chi connectivity index (χ1n) is 7.08. The molecule has 0 aromatic heterocycles. The normalized spacial score (nSPS) is 17.0. The molecule has 1 atom stereocenters. The molecule has 106 valence electrons. The van der Waals surface area contributed by atoms with E-state index >= 15 is 0 Å². The maximum absolute atomic E-state index is 12.1. The van der Waals surface area contributed by atoms with Gasteiger partial charge in [0.15, 0.2) is 0 Å². The molecule has 1 aliphatic heterocycles. The van der Waals surface area contributed by atoms with Gasteiger partial charge in [0.2, 0.25) is 5.91 Å². The zero-order valence-corrected chi connectivity index (χ0v) is 11.7. The molecule has 0 unspecified atom stereocenters. The number of hydrogen-bond donors (Lipinski definition) is 1. The minimum atomic E-state index is -0.0828. The summed E-state index contributed by atoms with van der Waals surface area (Å²) in [5.41, 5.74) is 2.06. The average Bonchev–Trinajstić information content (AvgIpc) is 2.54. The summed E-state index contributed by atoms with van der Waals surface area (Å²) in [4.78, 5) is 12.1. The summed E-state index contributed by atoms with van der Waals surface area (Å²) in [6, 6.07) is 17.7. The van der Waals surface area contributed by atoms with Crippen LogP contribution in [0.15, 0.2) is 60.7 Å². The van der Waals surface area contributed by atoms with Crippen molar-refractivity contribution in [3.63, 3.8) is 0 Å². The molecule has 0 spiro atoms. The summed E-state index contributed by atoms with van der Waals surface area (Å²) in [7, 11) is 0. The van der Waals surface area contributed by atoms with E-state index in [9.17, 15) is 4.79 Å². The number of nitrogens with one attached hydrogen (secondary N) is 1. The molecule has 0 saturated carbocycles. The lowest BCUT2D eigenvalue weighted by Crippen LogP contribution is -2.30. The number of rotatable bonds is 3. The summed E-state index contributed by atoms with van der Waals surface area (Å²) in [5.74, 6) is 0.779. The first kappa shape index (κ1) is 13.4. The topological polar surface area (TPSA) is 38.3 Å². The van der Waals surface area contributed by atoms with Crippen molar-refractivity contribution in [2.45, 2.75) is 12.5 Å². The zero-order chi connectivity index (χ0) is 14.5. The first-order valence-corrected chi connectivity index (χ1v) is 7.08. The molecule has 21 heavy (non-hydrogen) atoms. The van der Waals surface area contributed by atoms with Gasteiger partial charge < -0.3 is 10.1 Å². The van der Waals surface area contributed by atoms with E-state index in [2.05, 4.69) is 5.32 Å². The van der Waals surface area contributed by atoms with Gasteiger partial charge in [-0.3, -0.25) is 4.79 Å². The van der Waals surface area contributed by atoms with Gasteiger partial charge in [0, 0.05) is 18.1 Å². The fourth-order valence-electron chi connectivity index (χ4n) is 2.45. The monoisotopic (exact) mass is 279 g/mol. The third kappa shape index (κ3) is 3.31. The fourth-order valence-corrected chi connectivity index (χ4v) is 2.45. The van der Waals surface area contributed by atoms with Crippen LogP contribution in [0.5, 0.6) is 5.75 Å². The summed E-state index contributed by atoms with van der Waals surface area (Å²) in [6.45, 7) is 0.629. The molecule has 1 aliphatic rings. The summed E-state index contributed by atoms with van der Waals surface area (Å²) in [5, 5.41) is 3.04. The molecular weight excluding hydrogens is 262 g/mol. The lowest BCUT2D eigenvalue weighted by molar-refractivity contribution is -0.117. The minimum absolute atomic E-state index is 0.0165. The van der Waals surface area contributed by atoms with Crippen LogP contribution in [0.4, 0.5) is 0 Å². The standard InChI is InChI=1S/C18H17NO2/c20-18(11-10-14-6-2-1-3-7-14)19-16-12-13-21-17-9-5-4-8-15(16)17/h1-11,16H,12-13H2,(H,19,20)/b11-10+/t16-/m0/s1. The van der Waals surface area contributed by atoms with Crippen LogP contribution in [0.1, 0.15) is 23.6 Å². The molecule has 0 aliphatic carbocycles. The van der Waals surface area contributed by atoms with Gasteiger partial charge in [0.05, 0.1) is 12.6 Å². The third-order valence-corrected chi connectivity index (χ3v) is 3.50. The Hall–Kier alpha value is -2.55. The number of benzene rings is 2. The van der Waals surface area contributed by atoms with Crippen LogP contribution in [0.3, 0.4) is 0 Å². The number of hydrogen-bond acceptors (Lipinski definition) is 2. The van der Waals surface area contributed by atoms with Crippen LogP contribution in [0, 0.1) is 0 Å². The van der Waals surface area contributed by atoms with Crippen LogP contribution in [0.25, 0.3) is 6.08 Å². The second-order valence-corrected chi connectivity index (χ2v) is 4.98. The van der Waals surface area contributed by atoms with E-state index in [4.69, 9.17) is 4.74 Å². The predicted molar refractivity (Wildman–Crippen MR) is 82.9 cm³/mol. The largest absolute Gasteiger partial charge is 0.493 e. The summed E-state index contributed by atoms with van der Waals surface area (Å²) in [6.07, 6.45) is 4.19. The van der Waals surface area contributed by atoms with E-state index in [1.54, 1.807) is 6.08 Å². The fraction of sp³-hybridized carbons (Fsp3) is 0.167. The van der Waals surface area contributed by atoms with Crippen molar-refractivity contribution in [2.75, 3.05) is 6.61 Å². The quantitative estimate of drug-likeness (QED) is 0.875. The van der Waals surface area contributed by atoms with E-state index in [0.29, 0.717) is 6.61 Å². The first-order chi connectivity index (χ1) is 10.3. The predicted octanol–water partition coefficient (Wildman–Crippen LogP) is 3.34. The van der Waals surface area contributed by atoms with Gasteiger partial charge in [-0.1, -0.05) is 48.5 Å². The molecule has 3 nitrogen and oxygen atoms in total. The number of carbonyl (C=O) groups excluding carboxylic acids is 1. The number of carbonyl (C=O) groups is 1. The summed E-state index contributed by atoms with van der Waals surface area (Å²) >= 11 is 0. The van der Waals surface area contributed by atoms with E-state index < -0.39 is 0 Å². The minimum Gasteiger partial charge on any atom is -0.493 e. The van der Waals surface area contributed by atoms with Crippen molar-refractivity contribution in [1.29, 1.82) is 0 Å². The lowest BCUT2D eigenvalue weighted by Gasteiger charge is -2.26. The van der Waals surface area contributed by atoms with E-state index in [0.717, 1.165) is 23.3 Å². The van der Waals surface area contributed by atoms with Gasteiger partial charge in [0.25, 0.3) is 0 Å². The van der Waals surface area contributed by atoms with Gasteiger partial charge in [-0.25, -0.2) is 0 Å². The van der Waals surface area contributed by atoms with E-state index in [-0.39, 0.29) is 11.9 Å². The van der Waals surface area contributed by atoms with E-state index in [1.807, 2.05) is 60.7 Å². The number of ether oxygens (including phenoxy) is 1. The highest BCUT2D eigenvalue weighted by Crippen LogP contribution is 2.31. The van der Waals surface area contributed by atoms with Crippen molar-refractivity contribution < 1.29 is 9.53 Å². The molecule has 3 rings (SSSR count). The molecule has 2 aromatic rings. The maximum atomic E-state index is 12.1. The van der Waals surface area contributed by atoms with Gasteiger partial charge in [-0.2, -0.15) is 0 Å². The molecule has 0 fully saturated rings. The second kappa shape index (κ2) is 6.27. The smallest absolute Gasteiger partial charge is 0.244 e.